The highest BCUT2D eigenvalue weighted by Crippen LogP contribution is 2.06. The summed E-state index contributed by atoms with van der Waals surface area (Å²) in [7, 11) is 5.43. The number of rotatable bonds is 4. The number of halogens is 1. The van der Waals surface area contributed by atoms with E-state index in [0.29, 0.717) is 19.8 Å². The molecular weight excluding hydrogens is 399 g/mol. The molecule has 0 bridgehead atoms. The Morgan fingerprint density at radius 3 is 2.86 bits per heavy atom. The molecule has 0 amide bonds. The van der Waals surface area contributed by atoms with Crippen LogP contribution in [0.3, 0.4) is 0 Å². The standard InChI is InChI=1S/C13H24N6O2.HI/c1-10-16-17-12(18(10)3)7-15-13(14-2)19-5-6-21-11(8-19)9-20-4;/h11H,5-9H2,1-4H3,(H,14,15);1H. The molecule has 22 heavy (non-hydrogen) atoms. The Labute approximate surface area is 148 Å². The van der Waals surface area contributed by atoms with Crippen molar-refractivity contribution in [1.29, 1.82) is 0 Å². The van der Waals surface area contributed by atoms with Crippen LogP contribution in [0.2, 0.25) is 0 Å². The molecule has 1 fully saturated rings. The number of ether oxygens (including phenoxy) is 2. The third kappa shape index (κ3) is 4.78. The molecule has 2 heterocycles. The second-order valence-electron chi connectivity index (χ2n) is 5.02. The molecule has 0 saturated carbocycles. The summed E-state index contributed by atoms with van der Waals surface area (Å²) in [6.07, 6.45) is 0.0828. The van der Waals surface area contributed by atoms with Gasteiger partial charge in [-0.3, -0.25) is 4.99 Å². The van der Waals surface area contributed by atoms with Crippen molar-refractivity contribution in [1.82, 2.24) is 25.0 Å². The van der Waals surface area contributed by atoms with Crippen LogP contribution in [0.25, 0.3) is 0 Å². The van der Waals surface area contributed by atoms with Crippen molar-refractivity contribution in [2.45, 2.75) is 19.6 Å². The Morgan fingerprint density at radius 1 is 1.50 bits per heavy atom. The molecule has 1 atom stereocenters. The molecule has 0 aliphatic carbocycles. The highest BCUT2D eigenvalue weighted by Gasteiger charge is 2.22. The number of aryl methyl sites for hydroxylation is 1. The Morgan fingerprint density at radius 2 is 2.27 bits per heavy atom. The zero-order valence-corrected chi connectivity index (χ0v) is 15.9. The van der Waals surface area contributed by atoms with Crippen LogP contribution in [0.15, 0.2) is 4.99 Å². The van der Waals surface area contributed by atoms with Gasteiger partial charge in [-0.1, -0.05) is 0 Å². The lowest BCUT2D eigenvalue weighted by Gasteiger charge is -2.34. The van der Waals surface area contributed by atoms with E-state index in [1.54, 1.807) is 14.2 Å². The smallest absolute Gasteiger partial charge is 0.194 e. The number of methoxy groups -OCH3 is 1. The van der Waals surface area contributed by atoms with Gasteiger partial charge >= 0.3 is 0 Å². The van der Waals surface area contributed by atoms with Crippen LogP contribution in [0.1, 0.15) is 11.6 Å². The number of aromatic nitrogens is 3. The first-order valence-electron chi connectivity index (χ1n) is 7.06. The highest BCUT2D eigenvalue weighted by molar-refractivity contribution is 14.0. The zero-order valence-electron chi connectivity index (χ0n) is 13.6. The molecule has 1 aromatic rings. The molecule has 1 aliphatic heterocycles. The van der Waals surface area contributed by atoms with Crippen LogP contribution in [0, 0.1) is 6.92 Å². The first-order valence-corrected chi connectivity index (χ1v) is 7.06. The van der Waals surface area contributed by atoms with Gasteiger partial charge in [0.15, 0.2) is 11.8 Å². The normalized spacial score (nSPS) is 19.0. The molecule has 1 saturated heterocycles. The molecule has 126 valence electrons. The predicted octanol–water partition coefficient (Wildman–Crippen LogP) is 0.164. The van der Waals surface area contributed by atoms with Crippen LogP contribution in [-0.2, 0) is 23.1 Å². The minimum absolute atomic E-state index is 0. The van der Waals surface area contributed by atoms with E-state index < -0.39 is 0 Å². The van der Waals surface area contributed by atoms with Gasteiger partial charge in [0.1, 0.15) is 5.82 Å². The minimum atomic E-state index is 0. The molecule has 0 radical (unpaired) electrons. The highest BCUT2D eigenvalue weighted by atomic mass is 127. The topological polar surface area (TPSA) is 76.8 Å². The van der Waals surface area contributed by atoms with Gasteiger partial charge in [-0.2, -0.15) is 0 Å². The second-order valence-corrected chi connectivity index (χ2v) is 5.02. The molecule has 1 aromatic heterocycles. The number of nitrogens with zero attached hydrogens (tertiary/aromatic N) is 5. The molecular formula is C13H25IN6O2. The third-order valence-electron chi connectivity index (χ3n) is 3.59. The van der Waals surface area contributed by atoms with Gasteiger partial charge in [0.25, 0.3) is 0 Å². The van der Waals surface area contributed by atoms with Crippen molar-refractivity contribution >= 4 is 29.9 Å². The van der Waals surface area contributed by atoms with E-state index in [4.69, 9.17) is 9.47 Å². The van der Waals surface area contributed by atoms with Crippen molar-refractivity contribution in [3.63, 3.8) is 0 Å². The fraction of sp³-hybridized carbons (Fsp3) is 0.769. The van der Waals surface area contributed by atoms with Crippen LogP contribution >= 0.6 is 24.0 Å². The van der Waals surface area contributed by atoms with Crippen molar-refractivity contribution in [2.75, 3.05) is 40.5 Å². The summed E-state index contributed by atoms with van der Waals surface area (Å²) in [5.74, 6) is 2.63. The van der Waals surface area contributed by atoms with E-state index in [2.05, 4.69) is 25.4 Å². The van der Waals surface area contributed by atoms with E-state index in [1.807, 2.05) is 18.5 Å². The summed E-state index contributed by atoms with van der Waals surface area (Å²) < 4.78 is 12.8. The van der Waals surface area contributed by atoms with Crippen LogP contribution in [-0.4, -0.2) is 72.2 Å². The number of guanidine groups is 1. The Bertz CT molecular complexity index is 491. The van der Waals surface area contributed by atoms with E-state index >= 15 is 0 Å². The average Bonchev–Trinajstić information content (AvgIpc) is 2.81. The lowest BCUT2D eigenvalue weighted by Crippen LogP contribution is -2.51. The quantitative estimate of drug-likeness (QED) is 0.422. The predicted molar refractivity (Wildman–Crippen MR) is 94.5 cm³/mol. The van der Waals surface area contributed by atoms with Gasteiger partial charge in [-0.05, 0) is 6.92 Å². The van der Waals surface area contributed by atoms with E-state index in [1.165, 1.54) is 0 Å². The molecule has 1 unspecified atom stereocenters. The van der Waals surface area contributed by atoms with Crippen LogP contribution < -0.4 is 5.32 Å². The van der Waals surface area contributed by atoms with Crippen molar-refractivity contribution in [3.8, 4) is 0 Å². The molecule has 0 spiro atoms. The summed E-state index contributed by atoms with van der Waals surface area (Å²) in [6, 6.07) is 0. The second kappa shape index (κ2) is 9.26. The van der Waals surface area contributed by atoms with Gasteiger partial charge < -0.3 is 24.3 Å². The molecule has 1 aliphatic rings. The Balaban J connectivity index is 0.00000242. The molecule has 0 aromatic carbocycles. The summed E-state index contributed by atoms with van der Waals surface area (Å²) in [5.41, 5.74) is 0. The lowest BCUT2D eigenvalue weighted by molar-refractivity contribution is -0.0447. The number of aliphatic imine (C=N–C) groups is 1. The SMILES string of the molecule is CN=C(NCc1nnc(C)n1C)N1CCOC(COC)C1.I. The summed E-state index contributed by atoms with van der Waals surface area (Å²) in [4.78, 5) is 6.51. The van der Waals surface area contributed by atoms with Gasteiger partial charge in [-0.25, -0.2) is 0 Å². The summed E-state index contributed by atoms with van der Waals surface area (Å²) in [6.45, 7) is 5.38. The number of nitrogens with one attached hydrogen (secondary N) is 1. The fourth-order valence-electron chi connectivity index (χ4n) is 2.29. The fourth-order valence-corrected chi connectivity index (χ4v) is 2.29. The van der Waals surface area contributed by atoms with Crippen molar-refractivity contribution in [2.24, 2.45) is 12.0 Å². The summed E-state index contributed by atoms with van der Waals surface area (Å²) in [5, 5.41) is 11.5. The first-order chi connectivity index (χ1) is 10.2. The third-order valence-corrected chi connectivity index (χ3v) is 3.59. The number of morpholine rings is 1. The molecule has 2 rings (SSSR count). The van der Waals surface area contributed by atoms with Crippen LogP contribution in [0.4, 0.5) is 0 Å². The maximum absolute atomic E-state index is 5.65. The van der Waals surface area contributed by atoms with E-state index in [-0.39, 0.29) is 30.1 Å². The Kier molecular flexibility index (Phi) is 8.04. The summed E-state index contributed by atoms with van der Waals surface area (Å²) >= 11 is 0. The van der Waals surface area contributed by atoms with E-state index in [9.17, 15) is 0 Å². The zero-order chi connectivity index (χ0) is 15.2. The average molecular weight is 424 g/mol. The van der Waals surface area contributed by atoms with Gasteiger partial charge in [-0.15, -0.1) is 34.2 Å². The Hall–Kier alpha value is -0.940. The van der Waals surface area contributed by atoms with Crippen LogP contribution in [0.5, 0.6) is 0 Å². The van der Waals surface area contributed by atoms with Gasteiger partial charge in [0, 0.05) is 34.3 Å². The van der Waals surface area contributed by atoms with E-state index in [0.717, 1.165) is 30.7 Å². The van der Waals surface area contributed by atoms with Crippen molar-refractivity contribution in [3.05, 3.63) is 11.6 Å². The maximum atomic E-state index is 5.65. The van der Waals surface area contributed by atoms with Gasteiger partial charge in [0.05, 0.1) is 25.9 Å². The first kappa shape index (κ1) is 19.1. The molecule has 8 nitrogen and oxygen atoms in total. The number of hydrogen-bond acceptors (Lipinski definition) is 5. The lowest BCUT2D eigenvalue weighted by atomic mass is 10.3. The minimum Gasteiger partial charge on any atom is -0.382 e. The molecule has 1 N–H and O–H groups in total. The maximum Gasteiger partial charge on any atom is 0.194 e. The monoisotopic (exact) mass is 424 g/mol. The number of hydrogen-bond donors (Lipinski definition) is 1. The molecule has 9 heteroatoms. The largest absolute Gasteiger partial charge is 0.382 e. The van der Waals surface area contributed by atoms with Crippen molar-refractivity contribution < 1.29 is 9.47 Å². The van der Waals surface area contributed by atoms with Gasteiger partial charge in [0.2, 0.25) is 0 Å².